The van der Waals surface area contributed by atoms with Crippen molar-refractivity contribution in [3.8, 4) is 0 Å². The number of rotatable bonds is 5. The van der Waals surface area contributed by atoms with Crippen LogP contribution in [0.1, 0.15) is 46.1 Å². The van der Waals surface area contributed by atoms with Gasteiger partial charge in [0.2, 0.25) is 5.91 Å². The van der Waals surface area contributed by atoms with E-state index in [2.05, 4.69) is 10.6 Å². The number of hydrogen-bond acceptors (Lipinski definition) is 5. The minimum Gasteiger partial charge on any atom is -0.452 e. The van der Waals surface area contributed by atoms with Crippen LogP contribution in [0.3, 0.4) is 0 Å². The molecule has 0 aliphatic heterocycles. The second kappa shape index (κ2) is 8.75. The lowest BCUT2D eigenvalue weighted by atomic mass is 9.95. The number of nitrogens with one attached hydrogen (secondary N) is 2. The van der Waals surface area contributed by atoms with E-state index in [1.54, 1.807) is 25.1 Å². The Morgan fingerprint density at radius 3 is 2.68 bits per heavy atom. The lowest BCUT2D eigenvalue weighted by Crippen LogP contribution is -2.22. The molecule has 0 spiro atoms. The molecule has 0 radical (unpaired) electrons. The second-order valence-corrected chi connectivity index (χ2v) is 8.15. The van der Waals surface area contributed by atoms with Crippen molar-refractivity contribution in [2.24, 2.45) is 0 Å². The summed E-state index contributed by atoms with van der Waals surface area (Å²) >= 11 is 7.46. The van der Waals surface area contributed by atoms with Gasteiger partial charge in [0.05, 0.1) is 5.56 Å². The number of hydrogen-bond donors (Lipinski definition) is 2. The fraction of sp³-hybridized carbons (Fsp3) is 0.350. The summed E-state index contributed by atoms with van der Waals surface area (Å²) in [6.45, 7) is 2.77. The molecule has 2 amide bonds. The third-order valence-electron chi connectivity index (χ3n) is 4.54. The van der Waals surface area contributed by atoms with E-state index in [0.29, 0.717) is 21.3 Å². The highest BCUT2D eigenvalue weighted by Gasteiger charge is 2.27. The summed E-state index contributed by atoms with van der Waals surface area (Å²) < 4.78 is 5.25. The molecule has 28 heavy (non-hydrogen) atoms. The van der Waals surface area contributed by atoms with E-state index in [1.165, 1.54) is 18.3 Å². The van der Waals surface area contributed by atoms with Crippen LogP contribution in [0.4, 0.5) is 10.7 Å². The maximum atomic E-state index is 12.7. The van der Waals surface area contributed by atoms with Crippen molar-refractivity contribution < 1.29 is 19.1 Å². The molecule has 2 N–H and O–H groups in total. The first kappa shape index (κ1) is 20.4. The Labute approximate surface area is 172 Å². The van der Waals surface area contributed by atoms with Gasteiger partial charge < -0.3 is 15.4 Å². The van der Waals surface area contributed by atoms with E-state index in [-0.39, 0.29) is 5.91 Å². The second-order valence-electron chi connectivity index (χ2n) is 6.63. The van der Waals surface area contributed by atoms with Gasteiger partial charge >= 0.3 is 5.97 Å². The average Bonchev–Trinajstić information content (AvgIpc) is 3.00. The standard InChI is InChI=1S/C20H21ClN2O4S/c1-11-14(21)7-5-8-15(11)23-17(25)10-27-20(26)18-13-6-3-4-9-16(13)28-19(18)22-12(2)24/h5,7-8H,3-4,6,9-10H2,1-2H3,(H,22,24)(H,23,25). The molecule has 1 aliphatic carbocycles. The normalized spacial score (nSPS) is 12.8. The third kappa shape index (κ3) is 4.54. The van der Waals surface area contributed by atoms with Crippen molar-refractivity contribution in [1.29, 1.82) is 0 Å². The number of anilines is 2. The zero-order chi connectivity index (χ0) is 20.3. The van der Waals surface area contributed by atoms with Gasteiger partial charge in [-0.15, -0.1) is 11.3 Å². The average molecular weight is 421 g/mol. The predicted molar refractivity (Wildman–Crippen MR) is 110 cm³/mol. The summed E-state index contributed by atoms with van der Waals surface area (Å²) in [4.78, 5) is 37.5. The zero-order valence-corrected chi connectivity index (χ0v) is 17.3. The molecule has 1 heterocycles. The summed E-state index contributed by atoms with van der Waals surface area (Å²) in [6.07, 6.45) is 3.69. The molecule has 1 aromatic heterocycles. The van der Waals surface area contributed by atoms with Crippen LogP contribution in [0.25, 0.3) is 0 Å². The maximum absolute atomic E-state index is 12.7. The monoisotopic (exact) mass is 420 g/mol. The van der Waals surface area contributed by atoms with Crippen molar-refractivity contribution in [3.63, 3.8) is 0 Å². The van der Waals surface area contributed by atoms with Crippen LogP contribution < -0.4 is 10.6 Å². The van der Waals surface area contributed by atoms with E-state index < -0.39 is 18.5 Å². The molecule has 2 aromatic rings. The summed E-state index contributed by atoms with van der Waals surface area (Å²) in [5.41, 5.74) is 2.61. The van der Waals surface area contributed by atoms with Crippen molar-refractivity contribution in [1.82, 2.24) is 0 Å². The van der Waals surface area contributed by atoms with Gasteiger partial charge in [-0.25, -0.2) is 4.79 Å². The molecule has 0 unspecified atom stereocenters. The lowest BCUT2D eigenvalue weighted by Gasteiger charge is -2.13. The van der Waals surface area contributed by atoms with Crippen LogP contribution >= 0.6 is 22.9 Å². The predicted octanol–water partition coefficient (Wildman–Crippen LogP) is 4.34. The quantitative estimate of drug-likeness (QED) is 0.704. The Morgan fingerprint density at radius 2 is 1.93 bits per heavy atom. The van der Waals surface area contributed by atoms with E-state index in [1.807, 2.05) is 0 Å². The van der Waals surface area contributed by atoms with Crippen LogP contribution in [0, 0.1) is 6.92 Å². The molecular weight excluding hydrogens is 400 g/mol. The zero-order valence-electron chi connectivity index (χ0n) is 15.7. The van der Waals surface area contributed by atoms with Crippen molar-refractivity contribution in [2.75, 3.05) is 17.2 Å². The molecular formula is C20H21ClN2O4S. The number of carbonyl (C=O) groups excluding carboxylic acids is 3. The van der Waals surface area contributed by atoms with Gasteiger partial charge in [0.25, 0.3) is 5.91 Å². The topological polar surface area (TPSA) is 84.5 Å². The molecule has 6 nitrogen and oxygen atoms in total. The van der Waals surface area contributed by atoms with Gasteiger partial charge in [-0.2, -0.15) is 0 Å². The van der Waals surface area contributed by atoms with Crippen LogP contribution in [0.2, 0.25) is 5.02 Å². The Morgan fingerprint density at radius 1 is 1.18 bits per heavy atom. The van der Waals surface area contributed by atoms with Crippen molar-refractivity contribution in [2.45, 2.75) is 39.5 Å². The Bertz CT molecular complexity index is 939. The number of amides is 2. The van der Waals surface area contributed by atoms with Crippen molar-refractivity contribution in [3.05, 3.63) is 44.8 Å². The number of benzene rings is 1. The summed E-state index contributed by atoms with van der Waals surface area (Å²) in [6, 6.07) is 5.19. The number of fused-ring (bicyclic) bond motifs is 1. The maximum Gasteiger partial charge on any atom is 0.341 e. The fourth-order valence-electron chi connectivity index (χ4n) is 3.16. The Balaban J connectivity index is 1.70. The summed E-state index contributed by atoms with van der Waals surface area (Å²) in [5.74, 6) is -1.30. The van der Waals surface area contributed by atoms with Gasteiger partial charge in [0.1, 0.15) is 5.00 Å². The van der Waals surface area contributed by atoms with Gasteiger partial charge in [-0.3, -0.25) is 9.59 Å². The van der Waals surface area contributed by atoms with Gasteiger partial charge in [-0.05, 0) is 55.9 Å². The van der Waals surface area contributed by atoms with Gasteiger partial charge in [0, 0.05) is 22.5 Å². The molecule has 0 saturated heterocycles. The highest BCUT2D eigenvalue weighted by molar-refractivity contribution is 7.17. The molecule has 0 saturated carbocycles. The largest absolute Gasteiger partial charge is 0.452 e. The first-order chi connectivity index (χ1) is 13.4. The van der Waals surface area contributed by atoms with Crippen LogP contribution in [0.5, 0.6) is 0 Å². The van der Waals surface area contributed by atoms with Gasteiger partial charge in [-0.1, -0.05) is 17.7 Å². The molecule has 148 valence electrons. The van der Waals surface area contributed by atoms with E-state index >= 15 is 0 Å². The number of thiophene rings is 1. The molecule has 8 heteroatoms. The van der Waals surface area contributed by atoms with Crippen LogP contribution in [-0.2, 0) is 27.2 Å². The number of esters is 1. The third-order valence-corrected chi connectivity index (χ3v) is 6.16. The highest BCUT2D eigenvalue weighted by Crippen LogP contribution is 2.38. The summed E-state index contributed by atoms with van der Waals surface area (Å²) in [5, 5.41) is 6.45. The van der Waals surface area contributed by atoms with E-state index in [9.17, 15) is 14.4 Å². The number of ether oxygens (including phenoxy) is 1. The van der Waals surface area contributed by atoms with Crippen LogP contribution in [0.15, 0.2) is 18.2 Å². The molecule has 3 rings (SSSR count). The Hall–Kier alpha value is -2.38. The summed E-state index contributed by atoms with van der Waals surface area (Å²) in [7, 11) is 0. The van der Waals surface area contributed by atoms with Gasteiger partial charge in [0.15, 0.2) is 6.61 Å². The highest BCUT2D eigenvalue weighted by atomic mass is 35.5. The first-order valence-corrected chi connectivity index (χ1v) is 10.2. The SMILES string of the molecule is CC(=O)Nc1sc2c(c1C(=O)OCC(=O)Nc1cccc(Cl)c1C)CCCC2. The molecule has 0 bridgehead atoms. The molecule has 0 atom stereocenters. The first-order valence-electron chi connectivity index (χ1n) is 9.01. The number of aryl methyl sites for hydroxylation is 1. The lowest BCUT2D eigenvalue weighted by molar-refractivity contribution is -0.119. The number of carbonyl (C=O) groups is 3. The molecule has 1 aromatic carbocycles. The molecule has 1 aliphatic rings. The van der Waals surface area contributed by atoms with E-state index in [4.69, 9.17) is 16.3 Å². The Kier molecular flexibility index (Phi) is 6.36. The number of halogens is 1. The smallest absolute Gasteiger partial charge is 0.341 e. The fourth-order valence-corrected chi connectivity index (χ4v) is 4.66. The molecule has 0 fully saturated rings. The van der Waals surface area contributed by atoms with Crippen LogP contribution in [-0.4, -0.2) is 24.4 Å². The van der Waals surface area contributed by atoms with E-state index in [0.717, 1.165) is 41.7 Å². The minimum absolute atomic E-state index is 0.248. The van der Waals surface area contributed by atoms with Crippen molar-refractivity contribution >= 4 is 51.4 Å². The minimum atomic E-state index is -0.596.